The SMILES string of the molecule is COc1ccc(S(=O)(=O)N[C@@H](C)C(=O)NCc2ccc(S(N)(=O)=O)cc2)cc1Cl. The summed E-state index contributed by atoms with van der Waals surface area (Å²) in [6.45, 7) is 1.46. The molecule has 0 saturated carbocycles. The van der Waals surface area contributed by atoms with Crippen LogP contribution in [0.2, 0.25) is 5.02 Å². The molecule has 2 aromatic carbocycles. The van der Waals surface area contributed by atoms with Crippen molar-refractivity contribution in [2.24, 2.45) is 5.14 Å². The first kappa shape index (κ1) is 23.1. The number of benzene rings is 2. The predicted octanol–water partition coefficient (Wildman–Crippen LogP) is 0.979. The van der Waals surface area contributed by atoms with Gasteiger partial charge in [0.1, 0.15) is 5.75 Å². The highest BCUT2D eigenvalue weighted by Crippen LogP contribution is 2.26. The fourth-order valence-corrected chi connectivity index (χ4v) is 4.37. The van der Waals surface area contributed by atoms with E-state index in [0.717, 1.165) is 0 Å². The van der Waals surface area contributed by atoms with Crippen LogP contribution in [-0.4, -0.2) is 35.9 Å². The van der Waals surface area contributed by atoms with Crippen molar-refractivity contribution in [1.29, 1.82) is 0 Å². The van der Waals surface area contributed by atoms with Crippen LogP contribution >= 0.6 is 11.6 Å². The Kier molecular flexibility index (Phi) is 7.25. The van der Waals surface area contributed by atoms with Crippen LogP contribution in [0.1, 0.15) is 12.5 Å². The molecule has 0 unspecified atom stereocenters. The van der Waals surface area contributed by atoms with Crippen molar-refractivity contribution in [3.05, 3.63) is 53.1 Å². The van der Waals surface area contributed by atoms with Crippen molar-refractivity contribution in [2.75, 3.05) is 7.11 Å². The summed E-state index contributed by atoms with van der Waals surface area (Å²) in [5.41, 5.74) is 0.614. The van der Waals surface area contributed by atoms with Gasteiger partial charge < -0.3 is 10.1 Å². The Balaban J connectivity index is 2.00. The summed E-state index contributed by atoms with van der Waals surface area (Å²) in [5, 5.41) is 7.71. The highest BCUT2D eigenvalue weighted by Gasteiger charge is 2.23. The zero-order valence-corrected chi connectivity index (χ0v) is 17.9. The lowest BCUT2D eigenvalue weighted by Gasteiger charge is -2.15. The second kappa shape index (κ2) is 9.09. The third-order valence-electron chi connectivity index (χ3n) is 3.88. The minimum absolute atomic E-state index is 0.0492. The van der Waals surface area contributed by atoms with E-state index in [1.165, 1.54) is 56.5 Å². The van der Waals surface area contributed by atoms with Crippen LogP contribution in [0.15, 0.2) is 52.3 Å². The van der Waals surface area contributed by atoms with Crippen LogP contribution < -0.4 is 19.9 Å². The zero-order chi connectivity index (χ0) is 21.8. The Morgan fingerprint density at radius 3 is 2.21 bits per heavy atom. The Labute approximate surface area is 174 Å². The van der Waals surface area contributed by atoms with E-state index in [1.807, 2.05) is 0 Å². The fraction of sp³-hybridized carbons (Fsp3) is 0.235. The van der Waals surface area contributed by atoms with Crippen LogP contribution in [0.3, 0.4) is 0 Å². The number of nitrogens with one attached hydrogen (secondary N) is 2. The molecule has 158 valence electrons. The molecule has 9 nitrogen and oxygen atoms in total. The first-order valence-corrected chi connectivity index (χ1v) is 11.6. The van der Waals surface area contributed by atoms with Gasteiger partial charge in [0.15, 0.2) is 0 Å². The van der Waals surface area contributed by atoms with Crippen molar-refractivity contribution in [3.63, 3.8) is 0 Å². The minimum atomic E-state index is -3.99. The topological polar surface area (TPSA) is 145 Å². The fourth-order valence-electron chi connectivity index (χ4n) is 2.31. The lowest BCUT2D eigenvalue weighted by atomic mass is 10.2. The van der Waals surface area contributed by atoms with Gasteiger partial charge >= 0.3 is 0 Å². The van der Waals surface area contributed by atoms with Gasteiger partial charge in [0.2, 0.25) is 26.0 Å². The first-order valence-electron chi connectivity index (χ1n) is 8.19. The molecule has 2 aromatic rings. The molecular formula is C17H20ClN3O6S2. The van der Waals surface area contributed by atoms with Crippen LogP contribution in [0.4, 0.5) is 0 Å². The molecule has 1 amide bonds. The molecule has 0 radical (unpaired) electrons. The van der Waals surface area contributed by atoms with Crippen molar-refractivity contribution in [2.45, 2.75) is 29.3 Å². The molecule has 0 aliphatic rings. The molecule has 1 atom stereocenters. The predicted molar refractivity (Wildman–Crippen MR) is 107 cm³/mol. The Morgan fingerprint density at radius 2 is 1.69 bits per heavy atom. The molecule has 4 N–H and O–H groups in total. The number of carbonyl (C=O) groups excluding carboxylic acids is 1. The van der Waals surface area contributed by atoms with Crippen molar-refractivity contribution in [1.82, 2.24) is 10.0 Å². The quantitative estimate of drug-likeness (QED) is 0.534. The Hall–Kier alpha value is -2.18. The molecule has 0 fully saturated rings. The van der Waals surface area contributed by atoms with Crippen LogP contribution in [0.5, 0.6) is 5.75 Å². The van der Waals surface area contributed by atoms with Gasteiger partial charge in [-0.2, -0.15) is 4.72 Å². The Morgan fingerprint density at radius 1 is 1.10 bits per heavy atom. The molecule has 12 heteroatoms. The normalized spacial score (nSPS) is 13.0. The number of methoxy groups -OCH3 is 1. The highest BCUT2D eigenvalue weighted by atomic mass is 35.5. The van der Waals surface area contributed by atoms with Gasteiger partial charge in [-0.3, -0.25) is 4.79 Å². The number of primary sulfonamides is 1. The summed E-state index contributed by atoms with van der Waals surface area (Å²) in [6.07, 6.45) is 0. The number of nitrogens with two attached hydrogens (primary N) is 1. The van der Waals surface area contributed by atoms with Crippen molar-refractivity contribution in [3.8, 4) is 5.75 Å². The van der Waals surface area contributed by atoms with Gasteiger partial charge in [-0.15, -0.1) is 0 Å². The molecule has 0 bridgehead atoms. The molecule has 0 saturated heterocycles. The van der Waals surface area contributed by atoms with Crippen LogP contribution in [-0.2, 0) is 31.4 Å². The average Bonchev–Trinajstić information content (AvgIpc) is 2.65. The van der Waals surface area contributed by atoms with E-state index < -0.39 is 32.0 Å². The van der Waals surface area contributed by atoms with E-state index in [2.05, 4.69) is 10.0 Å². The maximum atomic E-state index is 12.4. The molecule has 0 aliphatic carbocycles. The summed E-state index contributed by atoms with van der Waals surface area (Å²) in [7, 11) is -6.38. The van der Waals surface area contributed by atoms with Crippen molar-refractivity contribution < 1.29 is 26.4 Å². The third-order valence-corrected chi connectivity index (χ3v) is 6.64. The number of hydrogen-bond acceptors (Lipinski definition) is 6. The van der Waals surface area contributed by atoms with Crippen LogP contribution in [0.25, 0.3) is 0 Å². The Bertz CT molecular complexity index is 1100. The lowest BCUT2D eigenvalue weighted by Crippen LogP contribution is -2.44. The molecule has 0 aliphatic heterocycles. The summed E-state index contributed by atoms with van der Waals surface area (Å²) in [4.78, 5) is 12.1. The van der Waals surface area contributed by atoms with Gasteiger partial charge in [0, 0.05) is 6.54 Å². The number of sulfonamides is 2. The largest absolute Gasteiger partial charge is 0.495 e. The van der Waals surface area contributed by atoms with E-state index >= 15 is 0 Å². The van der Waals surface area contributed by atoms with E-state index in [4.69, 9.17) is 21.5 Å². The average molecular weight is 462 g/mol. The number of rotatable bonds is 8. The molecule has 0 heterocycles. The highest BCUT2D eigenvalue weighted by molar-refractivity contribution is 7.89. The molecule has 0 spiro atoms. The third kappa shape index (κ3) is 6.15. The monoisotopic (exact) mass is 461 g/mol. The van der Waals surface area contributed by atoms with Crippen molar-refractivity contribution >= 4 is 37.6 Å². The zero-order valence-electron chi connectivity index (χ0n) is 15.5. The molecule has 29 heavy (non-hydrogen) atoms. The second-order valence-electron chi connectivity index (χ2n) is 6.05. The summed E-state index contributed by atoms with van der Waals surface area (Å²) < 4.78 is 54.6. The van der Waals surface area contributed by atoms with Gasteiger partial charge in [-0.25, -0.2) is 22.0 Å². The standard InChI is InChI=1S/C17H20ClN3O6S2/c1-11(21-29(25,26)14-7-8-16(27-2)15(18)9-14)17(22)20-10-12-3-5-13(6-4-12)28(19,23)24/h3-9,11,21H,10H2,1-2H3,(H,20,22)(H2,19,23,24)/t11-/m0/s1. The number of amides is 1. The van der Waals surface area contributed by atoms with Gasteiger partial charge in [-0.1, -0.05) is 23.7 Å². The number of hydrogen-bond donors (Lipinski definition) is 3. The maximum absolute atomic E-state index is 12.4. The van der Waals surface area contributed by atoms with Gasteiger partial charge in [0.25, 0.3) is 0 Å². The minimum Gasteiger partial charge on any atom is -0.495 e. The molecular weight excluding hydrogens is 442 g/mol. The summed E-state index contributed by atoms with van der Waals surface area (Å²) >= 11 is 5.95. The van der Waals surface area contributed by atoms with Crippen LogP contribution in [0, 0.1) is 0 Å². The number of halogens is 1. The summed E-state index contributed by atoms with van der Waals surface area (Å²) in [5.74, 6) is -0.242. The molecule has 2 rings (SSSR count). The second-order valence-corrected chi connectivity index (χ2v) is 9.73. The van der Waals surface area contributed by atoms with E-state index in [9.17, 15) is 21.6 Å². The van der Waals surface area contributed by atoms with E-state index in [-0.39, 0.29) is 21.4 Å². The summed E-state index contributed by atoms with van der Waals surface area (Å²) in [6, 6.07) is 8.50. The maximum Gasteiger partial charge on any atom is 0.241 e. The number of ether oxygens (including phenoxy) is 1. The smallest absolute Gasteiger partial charge is 0.241 e. The first-order chi connectivity index (χ1) is 13.4. The molecule has 0 aromatic heterocycles. The lowest BCUT2D eigenvalue weighted by molar-refractivity contribution is -0.122. The van der Waals surface area contributed by atoms with Gasteiger partial charge in [-0.05, 0) is 42.8 Å². The van der Waals surface area contributed by atoms with E-state index in [1.54, 1.807) is 0 Å². The number of carbonyl (C=O) groups is 1. The van der Waals surface area contributed by atoms with Gasteiger partial charge in [0.05, 0.1) is 28.0 Å². The van der Waals surface area contributed by atoms with E-state index in [0.29, 0.717) is 11.3 Å².